The molecule has 0 spiro atoms. The summed E-state index contributed by atoms with van der Waals surface area (Å²) in [5, 5.41) is 3.29. The molecule has 0 aromatic heterocycles. The van der Waals surface area contributed by atoms with Crippen LogP contribution < -0.4 is 5.32 Å². The Morgan fingerprint density at radius 1 is 1.06 bits per heavy atom. The lowest BCUT2D eigenvalue weighted by atomic mass is 10.1. The largest absolute Gasteiger partial charge is 0.381 e. The van der Waals surface area contributed by atoms with E-state index in [0.717, 1.165) is 45.6 Å². The van der Waals surface area contributed by atoms with Gasteiger partial charge in [-0.05, 0) is 37.9 Å². The third-order valence-corrected chi connectivity index (χ3v) is 2.49. The van der Waals surface area contributed by atoms with Crippen molar-refractivity contribution in [3.05, 3.63) is 35.9 Å². The number of rotatable bonds is 9. The number of aryl methyl sites for hydroxylation is 1. The number of hydrogen-bond acceptors (Lipinski definition) is 2. The molecular formula is C14H23NO. The van der Waals surface area contributed by atoms with Gasteiger partial charge in [-0.1, -0.05) is 37.3 Å². The predicted molar refractivity (Wildman–Crippen MR) is 68.7 cm³/mol. The molecule has 0 aliphatic heterocycles. The van der Waals surface area contributed by atoms with Gasteiger partial charge in [-0.25, -0.2) is 0 Å². The molecule has 16 heavy (non-hydrogen) atoms. The van der Waals surface area contributed by atoms with Gasteiger partial charge in [0, 0.05) is 13.2 Å². The fraction of sp³-hybridized carbons (Fsp3) is 0.571. The van der Waals surface area contributed by atoms with Gasteiger partial charge in [-0.3, -0.25) is 0 Å². The Balaban J connectivity index is 1.89. The van der Waals surface area contributed by atoms with Crippen molar-refractivity contribution in [1.82, 2.24) is 5.32 Å². The lowest BCUT2D eigenvalue weighted by Crippen LogP contribution is -2.15. The summed E-state index contributed by atoms with van der Waals surface area (Å²) in [6.45, 7) is 5.99. The zero-order valence-corrected chi connectivity index (χ0v) is 10.2. The third kappa shape index (κ3) is 6.59. The molecule has 0 atom stereocenters. The summed E-state index contributed by atoms with van der Waals surface area (Å²) >= 11 is 0. The molecule has 0 aliphatic carbocycles. The second kappa shape index (κ2) is 9.37. The van der Waals surface area contributed by atoms with Gasteiger partial charge in [-0.15, -0.1) is 0 Å². The first-order chi connectivity index (χ1) is 7.93. The molecule has 1 aromatic rings. The predicted octanol–water partition coefficient (Wildman–Crippen LogP) is 2.64. The van der Waals surface area contributed by atoms with E-state index in [1.54, 1.807) is 0 Å². The summed E-state index contributed by atoms with van der Waals surface area (Å²) in [7, 11) is 0. The van der Waals surface area contributed by atoms with Crippen LogP contribution in [0.5, 0.6) is 0 Å². The van der Waals surface area contributed by atoms with Crippen molar-refractivity contribution in [2.24, 2.45) is 0 Å². The molecule has 0 radical (unpaired) electrons. The molecular weight excluding hydrogens is 198 g/mol. The molecule has 0 saturated heterocycles. The van der Waals surface area contributed by atoms with Crippen LogP contribution in [-0.2, 0) is 11.2 Å². The molecule has 90 valence electrons. The van der Waals surface area contributed by atoms with Crippen LogP contribution in [0.1, 0.15) is 25.3 Å². The summed E-state index contributed by atoms with van der Waals surface area (Å²) in [4.78, 5) is 0. The minimum absolute atomic E-state index is 0.876. The van der Waals surface area contributed by atoms with Crippen molar-refractivity contribution in [1.29, 1.82) is 0 Å². The van der Waals surface area contributed by atoms with Gasteiger partial charge >= 0.3 is 0 Å². The van der Waals surface area contributed by atoms with Crippen LogP contribution >= 0.6 is 0 Å². The highest BCUT2D eigenvalue weighted by Gasteiger charge is 1.92. The topological polar surface area (TPSA) is 21.3 Å². The highest BCUT2D eigenvalue weighted by molar-refractivity contribution is 5.14. The fourth-order valence-corrected chi connectivity index (χ4v) is 1.60. The van der Waals surface area contributed by atoms with Gasteiger partial charge in [0.1, 0.15) is 0 Å². The van der Waals surface area contributed by atoms with E-state index < -0.39 is 0 Å². The molecule has 0 unspecified atom stereocenters. The lowest BCUT2D eigenvalue weighted by molar-refractivity contribution is 0.129. The van der Waals surface area contributed by atoms with Crippen molar-refractivity contribution >= 4 is 0 Å². The molecule has 0 heterocycles. The molecule has 1 rings (SSSR count). The Kier molecular flexibility index (Phi) is 7.74. The second-order valence-corrected chi connectivity index (χ2v) is 3.91. The first kappa shape index (κ1) is 13.2. The van der Waals surface area contributed by atoms with Gasteiger partial charge < -0.3 is 10.1 Å². The zero-order valence-electron chi connectivity index (χ0n) is 10.2. The Labute approximate surface area is 99.0 Å². The smallest absolute Gasteiger partial charge is 0.0478 e. The quantitative estimate of drug-likeness (QED) is 0.647. The average molecular weight is 221 g/mol. The maximum absolute atomic E-state index is 5.56. The van der Waals surface area contributed by atoms with E-state index in [9.17, 15) is 0 Å². The van der Waals surface area contributed by atoms with E-state index in [4.69, 9.17) is 4.74 Å². The summed E-state index contributed by atoms with van der Waals surface area (Å²) < 4.78 is 5.56. The van der Waals surface area contributed by atoms with Crippen molar-refractivity contribution < 1.29 is 4.74 Å². The standard InChI is InChI=1S/C14H23NO/c1-2-15-11-7-13-16-12-6-10-14-8-4-3-5-9-14/h3-5,8-9,15H,2,6-7,10-13H2,1H3. The molecule has 0 amide bonds. The number of ether oxygens (including phenoxy) is 1. The molecule has 2 nitrogen and oxygen atoms in total. The normalized spacial score (nSPS) is 10.6. The highest BCUT2D eigenvalue weighted by atomic mass is 16.5. The van der Waals surface area contributed by atoms with Crippen LogP contribution in [0.4, 0.5) is 0 Å². The Hall–Kier alpha value is -0.860. The van der Waals surface area contributed by atoms with Gasteiger partial charge in [0.25, 0.3) is 0 Å². The van der Waals surface area contributed by atoms with Crippen LogP contribution in [0.25, 0.3) is 0 Å². The molecule has 2 heteroatoms. The van der Waals surface area contributed by atoms with Crippen LogP contribution in [-0.4, -0.2) is 26.3 Å². The van der Waals surface area contributed by atoms with Gasteiger partial charge in [0.2, 0.25) is 0 Å². The van der Waals surface area contributed by atoms with E-state index in [1.165, 1.54) is 5.56 Å². The molecule has 0 fully saturated rings. The van der Waals surface area contributed by atoms with Crippen LogP contribution in [0.3, 0.4) is 0 Å². The summed E-state index contributed by atoms with van der Waals surface area (Å²) in [6.07, 6.45) is 3.35. The van der Waals surface area contributed by atoms with E-state index in [1.807, 2.05) is 0 Å². The summed E-state index contributed by atoms with van der Waals surface area (Å²) in [6, 6.07) is 10.6. The monoisotopic (exact) mass is 221 g/mol. The van der Waals surface area contributed by atoms with E-state index in [2.05, 4.69) is 42.6 Å². The zero-order chi connectivity index (χ0) is 11.5. The van der Waals surface area contributed by atoms with Crippen LogP contribution in [0.15, 0.2) is 30.3 Å². The van der Waals surface area contributed by atoms with Crippen LogP contribution in [0.2, 0.25) is 0 Å². The first-order valence-corrected chi connectivity index (χ1v) is 6.26. The van der Waals surface area contributed by atoms with Gasteiger partial charge in [0.15, 0.2) is 0 Å². The number of benzene rings is 1. The van der Waals surface area contributed by atoms with Crippen molar-refractivity contribution in [2.45, 2.75) is 26.2 Å². The lowest BCUT2D eigenvalue weighted by Gasteiger charge is -2.04. The van der Waals surface area contributed by atoms with Gasteiger partial charge in [-0.2, -0.15) is 0 Å². The Bertz CT molecular complexity index is 248. The van der Waals surface area contributed by atoms with E-state index in [-0.39, 0.29) is 0 Å². The maximum atomic E-state index is 5.56. The van der Waals surface area contributed by atoms with Crippen molar-refractivity contribution in [2.75, 3.05) is 26.3 Å². The SMILES string of the molecule is CCNCCCOCCCc1ccccc1. The molecule has 0 saturated carbocycles. The average Bonchev–Trinajstić information content (AvgIpc) is 2.34. The van der Waals surface area contributed by atoms with E-state index >= 15 is 0 Å². The highest BCUT2D eigenvalue weighted by Crippen LogP contribution is 2.02. The Morgan fingerprint density at radius 3 is 2.56 bits per heavy atom. The second-order valence-electron chi connectivity index (χ2n) is 3.91. The Morgan fingerprint density at radius 2 is 1.81 bits per heavy atom. The minimum Gasteiger partial charge on any atom is -0.381 e. The van der Waals surface area contributed by atoms with Crippen molar-refractivity contribution in [3.63, 3.8) is 0 Å². The number of hydrogen-bond donors (Lipinski definition) is 1. The number of nitrogens with one attached hydrogen (secondary N) is 1. The molecule has 0 aliphatic rings. The van der Waals surface area contributed by atoms with Gasteiger partial charge in [0.05, 0.1) is 0 Å². The summed E-state index contributed by atoms with van der Waals surface area (Å²) in [5.74, 6) is 0. The van der Waals surface area contributed by atoms with E-state index in [0.29, 0.717) is 0 Å². The molecule has 1 aromatic carbocycles. The molecule has 1 N–H and O–H groups in total. The maximum Gasteiger partial charge on any atom is 0.0478 e. The minimum atomic E-state index is 0.876. The third-order valence-electron chi connectivity index (χ3n) is 2.49. The van der Waals surface area contributed by atoms with Crippen molar-refractivity contribution in [3.8, 4) is 0 Å². The fourth-order valence-electron chi connectivity index (χ4n) is 1.60. The first-order valence-electron chi connectivity index (χ1n) is 6.26. The summed E-state index contributed by atoms with van der Waals surface area (Å²) in [5.41, 5.74) is 1.40. The molecule has 0 bridgehead atoms. The van der Waals surface area contributed by atoms with Crippen LogP contribution in [0, 0.1) is 0 Å².